The van der Waals surface area contributed by atoms with Crippen LogP contribution < -0.4 is 0 Å². The average Bonchev–Trinajstić information content (AvgIpc) is 2.20. The van der Waals surface area contributed by atoms with Crippen molar-refractivity contribution in [2.75, 3.05) is 0 Å². The fourth-order valence-corrected chi connectivity index (χ4v) is 1.16. The van der Waals surface area contributed by atoms with E-state index in [1.807, 2.05) is 0 Å². The van der Waals surface area contributed by atoms with Gasteiger partial charge in [-0.15, -0.1) is 0 Å². The summed E-state index contributed by atoms with van der Waals surface area (Å²) in [6.07, 6.45) is -6.65. The van der Waals surface area contributed by atoms with Gasteiger partial charge in [0.25, 0.3) is 0 Å². The summed E-state index contributed by atoms with van der Waals surface area (Å²) >= 11 is 0. The van der Waals surface area contributed by atoms with Crippen molar-refractivity contribution in [1.29, 1.82) is 5.26 Å². The van der Waals surface area contributed by atoms with Gasteiger partial charge >= 0.3 is 6.18 Å². The minimum absolute atomic E-state index is 1.08. The molecular formula is C9H2F7N. The van der Waals surface area contributed by atoms with Crippen molar-refractivity contribution >= 4 is 0 Å². The van der Waals surface area contributed by atoms with Crippen LogP contribution in [0.15, 0.2) is 0 Å². The molecule has 0 radical (unpaired) electrons. The number of benzene rings is 1. The molecule has 0 atom stereocenters. The molecule has 0 aromatic heterocycles. The number of nitrogens with zero attached hydrogens (tertiary/aromatic N) is 1. The second kappa shape index (κ2) is 4.24. The zero-order chi connectivity index (χ0) is 13.4. The van der Waals surface area contributed by atoms with Crippen molar-refractivity contribution in [2.45, 2.75) is 12.6 Å². The lowest BCUT2D eigenvalue weighted by Crippen LogP contribution is -2.17. The normalized spacial score (nSPS) is 11.4. The molecule has 0 amide bonds. The molecule has 0 aliphatic rings. The Morgan fingerprint density at radius 1 is 0.882 bits per heavy atom. The maximum Gasteiger partial charge on any atom is 0.422 e. The highest BCUT2D eigenvalue weighted by Gasteiger charge is 2.42. The molecule has 0 saturated carbocycles. The summed E-state index contributed by atoms with van der Waals surface area (Å²) in [7, 11) is 0. The van der Waals surface area contributed by atoms with E-state index in [2.05, 4.69) is 0 Å². The lowest BCUT2D eigenvalue weighted by atomic mass is 10.1. The first-order chi connectivity index (χ1) is 7.71. The topological polar surface area (TPSA) is 23.8 Å². The van der Waals surface area contributed by atoms with E-state index in [-0.39, 0.29) is 0 Å². The molecule has 1 aromatic rings. The molecule has 0 aliphatic heterocycles. The van der Waals surface area contributed by atoms with Crippen molar-refractivity contribution in [3.8, 4) is 6.07 Å². The van der Waals surface area contributed by atoms with Crippen LogP contribution in [0.4, 0.5) is 30.7 Å². The molecule has 8 heteroatoms. The first-order valence-electron chi connectivity index (χ1n) is 4.00. The predicted octanol–water partition coefficient (Wildman–Crippen LogP) is 3.33. The first kappa shape index (κ1) is 13.3. The Hall–Kier alpha value is -1.78. The largest absolute Gasteiger partial charge is 0.422 e. The van der Waals surface area contributed by atoms with Crippen LogP contribution in [0, 0.1) is 34.6 Å². The van der Waals surface area contributed by atoms with E-state index in [4.69, 9.17) is 5.26 Å². The van der Waals surface area contributed by atoms with Gasteiger partial charge in [0, 0.05) is 5.56 Å². The lowest BCUT2D eigenvalue weighted by Gasteiger charge is -2.12. The van der Waals surface area contributed by atoms with E-state index >= 15 is 0 Å². The zero-order valence-corrected chi connectivity index (χ0v) is 7.80. The van der Waals surface area contributed by atoms with Crippen LogP contribution in [0.25, 0.3) is 0 Å². The quantitative estimate of drug-likeness (QED) is 0.559. The highest BCUT2D eigenvalue weighted by atomic mass is 19.4. The summed E-state index contributed by atoms with van der Waals surface area (Å²) in [6, 6.07) is 1.18. The standard InChI is InChI=1S/C9H2F7N/c10-5-3(1-2-17)6(11)8(13)4(7(5)12)9(14,15)16/h1H2. The van der Waals surface area contributed by atoms with Gasteiger partial charge in [-0.3, -0.25) is 0 Å². The maximum atomic E-state index is 13.0. The second-order valence-corrected chi connectivity index (χ2v) is 2.94. The summed E-state index contributed by atoms with van der Waals surface area (Å²) in [4.78, 5) is 0. The van der Waals surface area contributed by atoms with Crippen molar-refractivity contribution in [3.05, 3.63) is 34.4 Å². The molecule has 0 aliphatic carbocycles. The van der Waals surface area contributed by atoms with Gasteiger partial charge in [0.1, 0.15) is 5.56 Å². The Labute approximate surface area is 90.1 Å². The average molecular weight is 257 g/mol. The van der Waals surface area contributed by atoms with Crippen LogP contribution in [0.2, 0.25) is 0 Å². The van der Waals surface area contributed by atoms with Gasteiger partial charge in [-0.1, -0.05) is 0 Å². The molecule has 1 aromatic carbocycles. The monoisotopic (exact) mass is 257 g/mol. The lowest BCUT2D eigenvalue weighted by molar-refractivity contribution is -0.143. The molecule has 0 fully saturated rings. The Morgan fingerprint density at radius 2 is 1.29 bits per heavy atom. The molecule has 1 nitrogen and oxygen atoms in total. The van der Waals surface area contributed by atoms with E-state index in [9.17, 15) is 30.7 Å². The van der Waals surface area contributed by atoms with Gasteiger partial charge in [0.2, 0.25) is 0 Å². The Morgan fingerprint density at radius 3 is 1.59 bits per heavy atom. The van der Waals surface area contributed by atoms with Crippen LogP contribution in [-0.4, -0.2) is 0 Å². The SMILES string of the molecule is N#CCc1c(F)c(F)c(C(F)(F)F)c(F)c1F. The number of halogens is 7. The number of rotatable bonds is 1. The Balaban J connectivity index is 3.66. The summed E-state index contributed by atoms with van der Waals surface area (Å²) in [5.74, 6) is -9.53. The van der Waals surface area contributed by atoms with E-state index in [0.717, 1.165) is 0 Å². The minimum Gasteiger partial charge on any atom is -0.203 e. The third-order valence-electron chi connectivity index (χ3n) is 1.89. The second-order valence-electron chi connectivity index (χ2n) is 2.94. The third kappa shape index (κ3) is 2.18. The van der Waals surface area contributed by atoms with Crippen LogP contribution in [0.5, 0.6) is 0 Å². The fourth-order valence-electron chi connectivity index (χ4n) is 1.16. The van der Waals surface area contributed by atoms with Crippen LogP contribution >= 0.6 is 0 Å². The fraction of sp³-hybridized carbons (Fsp3) is 0.222. The molecule has 0 unspecified atom stereocenters. The highest BCUT2D eigenvalue weighted by molar-refractivity contribution is 5.33. The van der Waals surface area contributed by atoms with Gasteiger partial charge in [0.15, 0.2) is 23.3 Å². The molecule has 0 bridgehead atoms. The zero-order valence-electron chi connectivity index (χ0n) is 7.80. The third-order valence-corrected chi connectivity index (χ3v) is 1.89. The number of alkyl halides is 3. The van der Waals surface area contributed by atoms with E-state index in [1.54, 1.807) is 0 Å². The van der Waals surface area contributed by atoms with Crippen molar-refractivity contribution in [1.82, 2.24) is 0 Å². The van der Waals surface area contributed by atoms with Crippen LogP contribution in [0.3, 0.4) is 0 Å². The summed E-state index contributed by atoms with van der Waals surface area (Å²) in [5, 5.41) is 8.13. The first-order valence-corrected chi connectivity index (χ1v) is 4.00. The molecule has 0 saturated heterocycles. The van der Waals surface area contributed by atoms with Crippen molar-refractivity contribution in [3.63, 3.8) is 0 Å². The van der Waals surface area contributed by atoms with Gasteiger partial charge in [-0.05, 0) is 0 Å². The van der Waals surface area contributed by atoms with Gasteiger partial charge < -0.3 is 0 Å². The van der Waals surface area contributed by atoms with Gasteiger partial charge in [-0.2, -0.15) is 18.4 Å². The number of nitriles is 1. The highest BCUT2D eigenvalue weighted by Crippen LogP contribution is 2.36. The predicted molar refractivity (Wildman–Crippen MR) is 40.6 cm³/mol. The van der Waals surface area contributed by atoms with Crippen LogP contribution in [-0.2, 0) is 12.6 Å². The molecule has 1 rings (SSSR count). The molecule has 0 N–H and O–H groups in total. The van der Waals surface area contributed by atoms with E-state index < -0.39 is 47.0 Å². The Bertz CT molecular complexity index is 469. The van der Waals surface area contributed by atoms with Gasteiger partial charge in [-0.25, -0.2) is 17.6 Å². The van der Waals surface area contributed by atoms with Gasteiger partial charge in [0.05, 0.1) is 12.5 Å². The molecule has 0 spiro atoms. The van der Waals surface area contributed by atoms with Crippen molar-refractivity contribution in [2.24, 2.45) is 0 Å². The van der Waals surface area contributed by atoms with E-state index in [0.29, 0.717) is 0 Å². The minimum atomic E-state index is -5.57. The summed E-state index contributed by atoms with van der Waals surface area (Å²) < 4.78 is 88.1. The molecule has 92 valence electrons. The smallest absolute Gasteiger partial charge is 0.203 e. The van der Waals surface area contributed by atoms with Crippen molar-refractivity contribution < 1.29 is 30.7 Å². The molecular weight excluding hydrogens is 255 g/mol. The molecule has 0 heterocycles. The summed E-state index contributed by atoms with van der Waals surface area (Å²) in [6.45, 7) is 0. The molecule has 17 heavy (non-hydrogen) atoms. The maximum absolute atomic E-state index is 13.0. The number of hydrogen-bond donors (Lipinski definition) is 0. The van der Waals surface area contributed by atoms with Crippen LogP contribution in [0.1, 0.15) is 11.1 Å². The van der Waals surface area contributed by atoms with E-state index in [1.165, 1.54) is 6.07 Å². The summed E-state index contributed by atoms with van der Waals surface area (Å²) in [5.41, 5.74) is -4.01. The number of hydrogen-bond acceptors (Lipinski definition) is 1. The Kier molecular flexibility index (Phi) is 3.31.